The number of nitrogens with zero attached hydrogens (tertiary/aromatic N) is 1. The maximum atomic E-state index is 13.6. The van der Waals surface area contributed by atoms with Crippen LogP contribution in [0.2, 0.25) is 0 Å². The molecule has 0 amide bonds. The Morgan fingerprint density at radius 2 is 1.42 bits per heavy atom. The van der Waals surface area contributed by atoms with Crippen molar-refractivity contribution in [2.45, 2.75) is 27.4 Å². The lowest BCUT2D eigenvalue weighted by atomic mass is 10.2. The zero-order chi connectivity index (χ0) is 24.4. The fraction of sp³-hybridized carbons (Fsp3) is 0.182. The summed E-state index contributed by atoms with van der Waals surface area (Å²) in [6.45, 7) is -0.275. The number of hydrogen-bond acceptors (Lipinski definition) is 5. The number of nitrogens with one attached hydrogen (secondary N) is 1. The van der Waals surface area contributed by atoms with Crippen molar-refractivity contribution in [2.24, 2.45) is 0 Å². The highest BCUT2D eigenvalue weighted by Crippen LogP contribution is 2.36. The summed E-state index contributed by atoms with van der Waals surface area (Å²) >= 11 is 0. The topological polar surface area (TPSA) is 83.6 Å². The normalized spacial score (nSPS) is 12.5. The van der Waals surface area contributed by atoms with E-state index in [1.54, 1.807) is 30.3 Å². The number of sulfone groups is 1. The van der Waals surface area contributed by atoms with Crippen LogP contribution in [0.5, 0.6) is 0 Å². The van der Waals surface area contributed by atoms with E-state index in [0.29, 0.717) is 17.7 Å². The summed E-state index contributed by atoms with van der Waals surface area (Å²) in [7, 11) is -5.28. The summed E-state index contributed by atoms with van der Waals surface area (Å²) in [6.07, 6.45) is -5.01. The zero-order valence-corrected chi connectivity index (χ0v) is 19.3. The van der Waals surface area contributed by atoms with E-state index >= 15 is 0 Å². The largest absolute Gasteiger partial charge is 0.417 e. The molecule has 33 heavy (non-hydrogen) atoms. The molecule has 0 heterocycles. The van der Waals surface area contributed by atoms with Gasteiger partial charge in [-0.25, -0.2) is 21.6 Å². The predicted molar refractivity (Wildman–Crippen MR) is 118 cm³/mol. The van der Waals surface area contributed by atoms with Gasteiger partial charge in [0.2, 0.25) is 19.9 Å². The first-order valence-electron chi connectivity index (χ1n) is 9.60. The van der Waals surface area contributed by atoms with E-state index < -0.39 is 41.4 Å². The van der Waals surface area contributed by atoms with Gasteiger partial charge in [0, 0.05) is 26.3 Å². The van der Waals surface area contributed by atoms with E-state index in [1.165, 1.54) is 24.3 Å². The molecule has 0 radical (unpaired) electrons. The molecule has 3 aromatic carbocycles. The van der Waals surface area contributed by atoms with Gasteiger partial charge in [0.1, 0.15) is 0 Å². The van der Waals surface area contributed by atoms with E-state index in [4.69, 9.17) is 0 Å². The molecule has 11 heteroatoms. The molecule has 0 saturated carbocycles. The minimum atomic E-state index is -5.01. The van der Waals surface area contributed by atoms with Crippen LogP contribution in [0, 0.1) is 0 Å². The molecule has 0 aliphatic carbocycles. The maximum absolute atomic E-state index is 13.6. The second-order valence-corrected chi connectivity index (χ2v) is 11.0. The summed E-state index contributed by atoms with van der Waals surface area (Å²) in [4.78, 5) is -0.0428. The molecule has 0 spiro atoms. The van der Waals surface area contributed by atoms with Crippen molar-refractivity contribution >= 4 is 25.5 Å². The van der Waals surface area contributed by atoms with Gasteiger partial charge in [0.05, 0.1) is 20.2 Å². The van der Waals surface area contributed by atoms with Gasteiger partial charge >= 0.3 is 6.18 Å². The third kappa shape index (κ3) is 5.55. The molecule has 0 aliphatic rings. The van der Waals surface area contributed by atoms with Gasteiger partial charge in [0.25, 0.3) is 0 Å². The lowest BCUT2D eigenvalue weighted by Gasteiger charge is -2.16. The molecule has 0 aliphatic heterocycles. The van der Waals surface area contributed by atoms with Gasteiger partial charge < -0.3 is 4.90 Å². The Kier molecular flexibility index (Phi) is 6.87. The Balaban J connectivity index is 2.00. The Morgan fingerprint density at radius 3 is 1.97 bits per heavy atom. The van der Waals surface area contributed by atoms with Crippen LogP contribution in [-0.4, -0.2) is 30.9 Å². The van der Waals surface area contributed by atoms with Gasteiger partial charge in [-0.15, -0.1) is 0 Å². The van der Waals surface area contributed by atoms with Crippen molar-refractivity contribution in [2.75, 3.05) is 19.0 Å². The highest BCUT2D eigenvalue weighted by atomic mass is 32.2. The average Bonchev–Trinajstić information content (AvgIpc) is 2.77. The van der Waals surface area contributed by atoms with Crippen LogP contribution in [0.1, 0.15) is 11.1 Å². The molecule has 6 nitrogen and oxygen atoms in total. The molecular weight excluding hydrogens is 477 g/mol. The van der Waals surface area contributed by atoms with Crippen LogP contribution in [0.3, 0.4) is 0 Å². The Bertz CT molecular complexity index is 1340. The Morgan fingerprint density at radius 1 is 0.818 bits per heavy atom. The van der Waals surface area contributed by atoms with Crippen molar-refractivity contribution in [3.8, 4) is 0 Å². The molecular formula is C22H21F3N2O4S2. The van der Waals surface area contributed by atoms with Crippen molar-refractivity contribution in [1.82, 2.24) is 4.72 Å². The Hall–Kier alpha value is -2.89. The van der Waals surface area contributed by atoms with Crippen LogP contribution in [0.4, 0.5) is 18.9 Å². The molecule has 176 valence electrons. The number of benzene rings is 3. The van der Waals surface area contributed by atoms with E-state index in [2.05, 4.69) is 4.72 Å². The van der Waals surface area contributed by atoms with Crippen molar-refractivity contribution < 1.29 is 30.0 Å². The molecule has 0 unspecified atom stereocenters. The van der Waals surface area contributed by atoms with E-state index in [9.17, 15) is 30.0 Å². The van der Waals surface area contributed by atoms with Crippen molar-refractivity contribution in [3.05, 3.63) is 83.9 Å². The Labute approximate surface area is 190 Å². The van der Waals surface area contributed by atoms with E-state index in [0.717, 1.165) is 11.8 Å². The van der Waals surface area contributed by atoms with Crippen LogP contribution in [0.25, 0.3) is 0 Å². The number of hydrogen-bond donors (Lipinski definition) is 1. The van der Waals surface area contributed by atoms with Crippen molar-refractivity contribution in [1.29, 1.82) is 0 Å². The summed E-state index contributed by atoms with van der Waals surface area (Å²) in [5, 5.41) is 0. The third-order valence-corrected chi connectivity index (χ3v) is 8.04. The van der Waals surface area contributed by atoms with Gasteiger partial charge in [-0.1, -0.05) is 30.3 Å². The monoisotopic (exact) mass is 498 g/mol. The summed E-state index contributed by atoms with van der Waals surface area (Å²) in [6, 6.07) is 15.6. The average molecular weight is 499 g/mol. The first-order valence-corrected chi connectivity index (χ1v) is 12.6. The number of alkyl halides is 3. The third-order valence-electron chi connectivity index (χ3n) is 4.83. The smallest absolute Gasteiger partial charge is 0.378 e. The lowest BCUT2D eigenvalue weighted by Crippen LogP contribution is -2.26. The first-order chi connectivity index (χ1) is 15.3. The van der Waals surface area contributed by atoms with E-state index in [1.807, 2.05) is 19.0 Å². The molecule has 3 aromatic rings. The number of halogens is 3. The van der Waals surface area contributed by atoms with E-state index in [-0.39, 0.29) is 11.4 Å². The second kappa shape index (κ2) is 9.16. The van der Waals surface area contributed by atoms with Crippen LogP contribution in [-0.2, 0) is 32.6 Å². The highest BCUT2D eigenvalue weighted by molar-refractivity contribution is 7.91. The van der Waals surface area contributed by atoms with Crippen LogP contribution < -0.4 is 9.62 Å². The van der Waals surface area contributed by atoms with Gasteiger partial charge in [-0.3, -0.25) is 0 Å². The van der Waals surface area contributed by atoms with Crippen molar-refractivity contribution in [3.63, 3.8) is 0 Å². The maximum Gasteiger partial charge on any atom is 0.417 e. The first kappa shape index (κ1) is 24.7. The summed E-state index contributed by atoms with van der Waals surface area (Å²) in [5.74, 6) is 0. The molecule has 3 rings (SSSR count). The quantitative estimate of drug-likeness (QED) is 0.531. The summed E-state index contributed by atoms with van der Waals surface area (Å²) < 4.78 is 94.2. The summed E-state index contributed by atoms with van der Waals surface area (Å²) in [5.41, 5.74) is -0.0736. The zero-order valence-electron chi connectivity index (χ0n) is 17.7. The second-order valence-electron chi connectivity index (χ2n) is 7.36. The van der Waals surface area contributed by atoms with Crippen LogP contribution in [0.15, 0.2) is 87.5 Å². The minimum absolute atomic E-state index is 0.165. The highest BCUT2D eigenvalue weighted by Gasteiger charge is 2.38. The minimum Gasteiger partial charge on any atom is -0.378 e. The predicted octanol–water partition coefficient (Wildman–Crippen LogP) is 4.08. The van der Waals surface area contributed by atoms with Crippen LogP contribution >= 0.6 is 0 Å². The van der Waals surface area contributed by atoms with Gasteiger partial charge in [-0.2, -0.15) is 13.2 Å². The number of sulfonamides is 1. The fourth-order valence-electron chi connectivity index (χ4n) is 3.03. The SMILES string of the molecule is CN(C)c1ccc(CNS(=O)(=O)c2cc(S(=O)(=O)c3ccccc3)ccc2C(F)(F)F)cc1. The molecule has 1 N–H and O–H groups in total. The molecule has 0 atom stereocenters. The van der Waals surface area contributed by atoms with Gasteiger partial charge in [-0.05, 0) is 48.0 Å². The molecule has 0 aromatic heterocycles. The number of rotatable bonds is 7. The molecule has 0 fully saturated rings. The standard InChI is InChI=1S/C22H21F3N2O4S2/c1-27(2)17-10-8-16(9-11-17)15-26-33(30,31)21-14-19(12-13-20(21)22(23,24)25)32(28,29)18-6-4-3-5-7-18/h3-14,26H,15H2,1-2H3. The molecule has 0 saturated heterocycles. The fourth-order valence-corrected chi connectivity index (χ4v) is 5.68. The lowest BCUT2D eigenvalue weighted by molar-refractivity contribution is -0.139. The number of anilines is 1. The van der Waals surface area contributed by atoms with Gasteiger partial charge in [0.15, 0.2) is 0 Å². The molecule has 0 bridgehead atoms.